The van der Waals surface area contributed by atoms with Gasteiger partial charge in [0.2, 0.25) is 0 Å². The molecule has 96 valence electrons. The van der Waals surface area contributed by atoms with Gasteiger partial charge in [-0.05, 0) is 30.3 Å². The predicted octanol–water partition coefficient (Wildman–Crippen LogP) is 3.28. The summed E-state index contributed by atoms with van der Waals surface area (Å²) in [5.41, 5.74) is 1.18. The maximum atomic E-state index is 13.6. The molecule has 3 aromatic rings. The van der Waals surface area contributed by atoms with Crippen molar-refractivity contribution in [2.75, 3.05) is 0 Å². The average Bonchev–Trinajstić information content (AvgIpc) is 2.93. The van der Waals surface area contributed by atoms with Crippen molar-refractivity contribution in [3.63, 3.8) is 0 Å². The van der Waals surface area contributed by atoms with Crippen LogP contribution >= 0.6 is 0 Å². The van der Waals surface area contributed by atoms with Crippen molar-refractivity contribution in [1.82, 2.24) is 4.57 Å². The van der Waals surface area contributed by atoms with E-state index in [4.69, 9.17) is 9.52 Å². The van der Waals surface area contributed by atoms with Crippen molar-refractivity contribution in [3.05, 3.63) is 47.9 Å². The molecule has 0 bridgehead atoms. The Hall–Kier alpha value is -2.56. The van der Waals surface area contributed by atoms with E-state index < -0.39 is 5.97 Å². The summed E-state index contributed by atoms with van der Waals surface area (Å²) in [7, 11) is 1.63. The number of benzene rings is 1. The molecular formula is C14H10FNO3. The third-order valence-electron chi connectivity index (χ3n) is 3.10. The van der Waals surface area contributed by atoms with Gasteiger partial charge in [-0.25, -0.2) is 9.18 Å². The highest BCUT2D eigenvalue weighted by molar-refractivity contribution is 5.88. The molecule has 0 saturated heterocycles. The van der Waals surface area contributed by atoms with E-state index in [1.165, 1.54) is 16.7 Å². The van der Waals surface area contributed by atoms with Crippen molar-refractivity contribution < 1.29 is 18.7 Å². The van der Waals surface area contributed by atoms with Crippen LogP contribution in [0.25, 0.3) is 22.4 Å². The molecule has 4 nitrogen and oxygen atoms in total. The number of fused-ring (bicyclic) bond motifs is 1. The summed E-state index contributed by atoms with van der Waals surface area (Å²) >= 11 is 0. The molecule has 0 aliphatic heterocycles. The quantitative estimate of drug-likeness (QED) is 0.768. The average molecular weight is 259 g/mol. The molecule has 0 spiro atoms. The molecule has 2 aromatic heterocycles. The Morgan fingerprint density at radius 1 is 1.32 bits per heavy atom. The van der Waals surface area contributed by atoms with Gasteiger partial charge in [0.25, 0.3) is 0 Å². The van der Waals surface area contributed by atoms with Gasteiger partial charge in [0.05, 0.1) is 11.1 Å². The number of carboxylic acids is 1. The first-order valence-corrected chi connectivity index (χ1v) is 5.65. The van der Waals surface area contributed by atoms with Crippen LogP contribution in [0.5, 0.6) is 0 Å². The number of halogens is 1. The maximum Gasteiger partial charge on any atom is 0.352 e. The number of hydrogen-bond donors (Lipinski definition) is 1. The number of nitrogens with zero attached hydrogens (tertiary/aromatic N) is 1. The highest BCUT2D eigenvalue weighted by Crippen LogP contribution is 2.30. The van der Waals surface area contributed by atoms with Crippen LogP contribution < -0.4 is 0 Å². The summed E-state index contributed by atoms with van der Waals surface area (Å²) in [6, 6.07) is 9.29. The Bertz CT molecular complexity index is 785. The predicted molar refractivity (Wildman–Crippen MR) is 67.5 cm³/mol. The molecule has 3 rings (SSSR count). The van der Waals surface area contributed by atoms with E-state index >= 15 is 0 Å². The Labute approximate surface area is 107 Å². The lowest BCUT2D eigenvalue weighted by Gasteiger charge is -2.01. The zero-order chi connectivity index (χ0) is 13.6. The normalized spacial score (nSPS) is 11.1. The van der Waals surface area contributed by atoms with Crippen LogP contribution in [0.15, 0.2) is 40.8 Å². The lowest BCUT2D eigenvalue weighted by molar-refractivity contribution is 0.0686. The molecule has 0 saturated carbocycles. The van der Waals surface area contributed by atoms with Crippen LogP contribution in [0.1, 0.15) is 10.5 Å². The number of carboxylic acid groups (broad SMARTS) is 1. The van der Waals surface area contributed by atoms with Gasteiger partial charge in [-0.15, -0.1) is 0 Å². The fourth-order valence-corrected chi connectivity index (χ4v) is 2.12. The third-order valence-corrected chi connectivity index (χ3v) is 3.10. The molecule has 0 unspecified atom stereocenters. The largest absolute Gasteiger partial charge is 0.477 e. The number of aromatic nitrogens is 1. The van der Waals surface area contributed by atoms with E-state index in [0.717, 1.165) is 0 Å². The first kappa shape index (κ1) is 11.5. The van der Waals surface area contributed by atoms with Crippen LogP contribution in [0.4, 0.5) is 4.39 Å². The van der Waals surface area contributed by atoms with Crippen molar-refractivity contribution >= 4 is 16.9 Å². The van der Waals surface area contributed by atoms with Crippen molar-refractivity contribution in [2.45, 2.75) is 0 Å². The zero-order valence-electron chi connectivity index (χ0n) is 10.1. The number of rotatable bonds is 2. The molecule has 0 fully saturated rings. The van der Waals surface area contributed by atoms with Gasteiger partial charge in [-0.3, -0.25) is 0 Å². The lowest BCUT2D eigenvalue weighted by atomic mass is 10.2. The van der Waals surface area contributed by atoms with Gasteiger partial charge >= 0.3 is 5.97 Å². The summed E-state index contributed by atoms with van der Waals surface area (Å²) in [4.78, 5) is 11.0. The number of carbonyl (C=O) groups is 1. The fraction of sp³-hybridized carbons (Fsp3) is 0.0714. The van der Waals surface area contributed by atoms with Gasteiger partial charge in [-0.2, -0.15) is 0 Å². The van der Waals surface area contributed by atoms with Crippen LogP contribution in [0.3, 0.4) is 0 Å². The minimum absolute atomic E-state index is 0.149. The molecular weight excluding hydrogens is 249 g/mol. The molecule has 5 heteroatoms. The van der Waals surface area contributed by atoms with E-state index in [0.29, 0.717) is 22.4 Å². The Morgan fingerprint density at radius 2 is 2.11 bits per heavy atom. The molecule has 0 amide bonds. The van der Waals surface area contributed by atoms with Crippen molar-refractivity contribution in [2.24, 2.45) is 7.05 Å². The second kappa shape index (κ2) is 3.98. The van der Waals surface area contributed by atoms with Gasteiger partial charge in [0.15, 0.2) is 5.76 Å². The maximum absolute atomic E-state index is 13.6. The van der Waals surface area contributed by atoms with E-state index in [1.54, 1.807) is 31.3 Å². The van der Waals surface area contributed by atoms with Crippen LogP contribution in [0.2, 0.25) is 0 Å². The number of aromatic carboxylic acids is 1. The second-order valence-corrected chi connectivity index (χ2v) is 4.23. The SMILES string of the molecule is Cn1c(C(=O)O)ccc1-c1cc2c(F)cccc2o1. The molecule has 1 aromatic carbocycles. The molecule has 19 heavy (non-hydrogen) atoms. The summed E-state index contributed by atoms with van der Waals surface area (Å²) in [5.74, 6) is -0.939. The molecule has 0 aliphatic rings. The molecule has 1 N–H and O–H groups in total. The van der Waals surface area contributed by atoms with Gasteiger partial charge in [0, 0.05) is 7.05 Å². The standard InChI is InChI=1S/C14H10FNO3/c1-16-10(5-6-11(16)14(17)18)13-7-8-9(15)3-2-4-12(8)19-13/h2-7H,1H3,(H,17,18). The monoisotopic (exact) mass is 259 g/mol. The van der Waals surface area contributed by atoms with Gasteiger partial charge in [-0.1, -0.05) is 6.07 Å². The van der Waals surface area contributed by atoms with Crippen molar-refractivity contribution in [3.8, 4) is 11.5 Å². The Kier molecular flexibility index (Phi) is 2.41. The summed E-state index contributed by atoms with van der Waals surface area (Å²) < 4.78 is 20.6. The minimum atomic E-state index is -1.02. The first-order valence-electron chi connectivity index (χ1n) is 5.65. The molecule has 0 atom stereocenters. The highest BCUT2D eigenvalue weighted by Gasteiger charge is 2.16. The smallest absolute Gasteiger partial charge is 0.352 e. The van der Waals surface area contributed by atoms with Gasteiger partial charge < -0.3 is 14.1 Å². The first-order chi connectivity index (χ1) is 9.08. The lowest BCUT2D eigenvalue weighted by Crippen LogP contribution is -2.04. The van der Waals surface area contributed by atoms with E-state index in [2.05, 4.69) is 0 Å². The number of furan rings is 1. The van der Waals surface area contributed by atoms with Crippen LogP contribution in [-0.2, 0) is 7.05 Å². The third kappa shape index (κ3) is 1.71. The second-order valence-electron chi connectivity index (χ2n) is 4.23. The van der Waals surface area contributed by atoms with Crippen LogP contribution in [0, 0.1) is 5.82 Å². The minimum Gasteiger partial charge on any atom is -0.477 e. The van der Waals surface area contributed by atoms with E-state index in [-0.39, 0.29) is 11.5 Å². The summed E-state index contributed by atoms with van der Waals surface area (Å²) in [5, 5.41) is 9.38. The van der Waals surface area contributed by atoms with E-state index in [1.807, 2.05) is 0 Å². The number of hydrogen-bond acceptors (Lipinski definition) is 2. The zero-order valence-corrected chi connectivity index (χ0v) is 10.1. The van der Waals surface area contributed by atoms with Crippen molar-refractivity contribution in [1.29, 1.82) is 0 Å². The molecule has 2 heterocycles. The Balaban J connectivity index is 2.20. The topological polar surface area (TPSA) is 55.4 Å². The summed E-state index contributed by atoms with van der Waals surface area (Å²) in [6.45, 7) is 0. The highest BCUT2D eigenvalue weighted by atomic mass is 19.1. The van der Waals surface area contributed by atoms with E-state index in [9.17, 15) is 9.18 Å². The van der Waals surface area contributed by atoms with Gasteiger partial charge in [0.1, 0.15) is 17.1 Å². The Morgan fingerprint density at radius 3 is 2.74 bits per heavy atom. The van der Waals surface area contributed by atoms with Crippen LogP contribution in [-0.4, -0.2) is 15.6 Å². The molecule has 0 radical (unpaired) electrons. The molecule has 0 aliphatic carbocycles. The summed E-state index contributed by atoms with van der Waals surface area (Å²) in [6.07, 6.45) is 0. The fourth-order valence-electron chi connectivity index (χ4n) is 2.12.